The molecule has 0 fully saturated rings. The van der Waals surface area contributed by atoms with Gasteiger partial charge in [0.2, 0.25) is 0 Å². The van der Waals surface area contributed by atoms with E-state index in [-0.39, 0.29) is 5.41 Å². The summed E-state index contributed by atoms with van der Waals surface area (Å²) in [4.78, 5) is 0. The fraction of sp³-hybridized carbons (Fsp3) is 0.269. The summed E-state index contributed by atoms with van der Waals surface area (Å²) in [5.41, 5.74) is 6.00. The first-order valence-corrected chi connectivity index (χ1v) is 10.1. The van der Waals surface area contributed by atoms with Crippen molar-refractivity contribution in [1.82, 2.24) is 5.32 Å². The minimum Gasteiger partial charge on any atom is -0.312 e. The zero-order valence-corrected chi connectivity index (χ0v) is 16.4. The van der Waals surface area contributed by atoms with Crippen LogP contribution in [0.25, 0.3) is 0 Å². The van der Waals surface area contributed by atoms with Gasteiger partial charge in [0.25, 0.3) is 0 Å². The lowest BCUT2D eigenvalue weighted by Crippen LogP contribution is -2.51. The lowest BCUT2D eigenvalue weighted by Gasteiger charge is -2.44. The zero-order chi connectivity index (χ0) is 19.4. The number of nitriles is 1. The van der Waals surface area contributed by atoms with E-state index in [1.807, 2.05) is 6.07 Å². The summed E-state index contributed by atoms with van der Waals surface area (Å²) in [5, 5.41) is 13.2. The molecule has 3 aromatic rings. The average Bonchev–Trinajstić information content (AvgIpc) is 2.76. The molecule has 2 atom stereocenters. The van der Waals surface area contributed by atoms with Gasteiger partial charge in [-0.05, 0) is 67.1 Å². The smallest absolute Gasteiger partial charge is 0.0991 e. The van der Waals surface area contributed by atoms with Crippen LogP contribution in [0.1, 0.15) is 41.2 Å². The molecule has 0 aromatic heterocycles. The number of nitrogens with one attached hydrogen (secondary N) is 1. The van der Waals surface area contributed by atoms with E-state index in [1.54, 1.807) is 0 Å². The highest BCUT2D eigenvalue weighted by Gasteiger charge is 2.41. The van der Waals surface area contributed by atoms with Crippen molar-refractivity contribution in [2.24, 2.45) is 0 Å². The molecule has 0 heterocycles. The van der Waals surface area contributed by atoms with Crippen LogP contribution in [0.2, 0.25) is 0 Å². The summed E-state index contributed by atoms with van der Waals surface area (Å²) in [7, 11) is 0. The molecular formula is C26H26N2. The molecule has 0 aliphatic heterocycles. The molecule has 1 N–H and O–H groups in total. The van der Waals surface area contributed by atoms with Gasteiger partial charge in [0.15, 0.2) is 0 Å². The third-order valence-electron chi connectivity index (χ3n) is 6.21. The minimum absolute atomic E-state index is 0.112. The van der Waals surface area contributed by atoms with Crippen LogP contribution in [0.3, 0.4) is 0 Å². The van der Waals surface area contributed by atoms with E-state index < -0.39 is 0 Å². The van der Waals surface area contributed by atoms with Crippen molar-refractivity contribution < 1.29 is 0 Å². The van der Waals surface area contributed by atoms with Gasteiger partial charge in [-0.25, -0.2) is 0 Å². The standard InChI is InChI=1S/C26H26N2/c1-26(23-10-6-3-7-11-23)24-14-12-21(19-27)18-22(24)13-15-25(26)28-17-16-20-8-4-2-5-9-20/h2-12,14,18,25,28H,13,15-17H2,1H3. The van der Waals surface area contributed by atoms with Gasteiger partial charge in [-0.3, -0.25) is 0 Å². The third-order valence-corrected chi connectivity index (χ3v) is 6.21. The lowest BCUT2D eigenvalue weighted by atomic mass is 9.64. The molecule has 28 heavy (non-hydrogen) atoms. The van der Waals surface area contributed by atoms with Crippen LogP contribution < -0.4 is 5.32 Å². The maximum absolute atomic E-state index is 9.30. The van der Waals surface area contributed by atoms with Crippen molar-refractivity contribution in [2.45, 2.75) is 37.6 Å². The monoisotopic (exact) mass is 366 g/mol. The Labute approximate surface area is 167 Å². The summed E-state index contributed by atoms with van der Waals surface area (Å²) in [6, 6.07) is 30.3. The molecule has 0 saturated carbocycles. The fourth-order valence-electron chi connectivity index (χ4n) is 4.64. The fourth-order valence-corrected chi connectivity index (χ4v) is 4.64. The van der Waals surface area contributed by atoms with E-state index in [2.05, 4.69) is 91.1 Å². The molecule has 0 radical (unpaired) electrons. The molecule has 1 aliphatic carbocycles. The second kappa shape index (κ2) is 8.00. The van der Waals surface area contributed by atoms with E-state index in [1.165, 1.54) is 22.3 Å². The molecule has 1 aliphatic rings. The molecule has 0 saturated heterocycles. The normalized spacial score (nSPS) is 20.9. The first-order chi connectivity index (χ1) is 13.7. The van der Waals surface area contributed by atoms with E-state index in [0.29, 0.717) is 6.04 Å². The average molecular weight is 367 g/mol. The first kappa shape index (κ1) is 18.5. The Morgan fingerprint density at radius 3 is 2.43 bits per heavy atom. The Bertz CT molecular complexity index is 972. The molecule has 2 nitrogen and oxygen atoms in total. The van der Waals surface area contributed by atoms with E-state index in [9.17, 15) is 5.26 Å². The summed E-state index contributed by atoms with van der Waals surface area (Å²) < 4.78 is 0. The molecule has 140 valence electrons. The van der Waals surface area contributed by atoms with Crippen molar-refractivity contribution >= 4 is 0 Å². The van der Waals surface area contributed by atoms with Crippen LogP contribution in [0.4, 0.5) is 0 Å². The Morgan fingerprint density at radius 1 is 1.00 bits per heavy atom. The highest BCUT2D eigenvalue weighted by molar-refractivity contribution is 5.50. The Kier molecular flexibility index (Phi) is 5.28. The number of rotatable bonds is 5. The van der Waals surface area contributed by atoms with Gasteiger partial charge in [0.1, 0.15) is 0 Å². The largest absolute Gasteiger partial charge is 0.312 e. The van der Waals surface area contributed by atoms with Gasteiger partial charge < -0.3 is 5.32 Å². The van der Waals surface area contributed by atoms with Crippen LogP contribution in [0, 0.1) is 11.3 Å². The Hall–Kier alpha value is -2.89. The van der Waals surface area contributed by atoms with Crippen LogP contribution in [0.5, 0.6) is 0 Å². The van der Waals surface area contributed by atoms with Gasteiger partial charge in [0.05, 0.1) is 11.6 Å². The highest BCUT2D eigenvalue weighted by Crippen LogP contribution is 2.42. The number of nitrogens with zero attached hydrogens (tertiary/aromatic N) is 1. The van der Waals surface area contributed by atoms with Crippen LogP contribution in [-0.4, -0.2) is 12.6 Å². The van der Waals surface area contributed by atoms with Gasteiger partial charge in [0, 0.05) is 11.5 Å². The number of fused-ring (bicyclic) bond motifs is 1. The van der Waals surface area contributed by atoms with Crippen molar-refractivity contribution in [3.05, 3.63) is 107 Å². The number of hydrogen-bond donors (Lipinski definition) is 1. The number of aryl methyl sites for hydroxylation is 1. The first-order valence-electron chi connectivity index (χ1n) is 10.1. The van der Waals surface area contributed by atoms with Gasteiger partial charge >= 0.3 is 0 Å². The van der Waals surface area contributed by atoms with E-state index in [4.69, 9.17) is 0 Å². The molecule has 2 unspecified atom stereocenters. The van der Waals surface area contributed by atoms with Crippen molar-refractivity contribution in [1.29, 1.82) is 5.26 Å². The SMILES string of the molecule is CC1(c2ccccc2)c2ccc(C#N)cc2CCC1NCCc1ccccc1. The van der Waals surface area contributed by atoms with Crippen LogP contribution in [0.15, 0.2) is 78.9 Å². The number of benzene rings is 3. The molecule has 3 aromatic carbocycles. The molecule has 0 bridgehead atoms. The molecule has 2 heteroatoms. The Balaban J connectivity index is 1.65. The predicted octanol–water partition coefficient (Wildman–Crippen LogP) is 5.01. The summed E-state index contributed by atoms with van der Waals surface area (Å²) in [5.74, 6) is 0. The Morgan fingerprint density at radius 2 is 1.71 bits per heavy atom. The summed E-state index contributed by atoms with van der Waals surface area (Å²) >= 11 is 0. The number of hydrogen-bond acceptors (Lipinski definition) is 2. The minimum atomic E-state index is -0.112. The van der Waals surface area contributed by atoms with Crippen molar-refractivity contribution in [3.8, 4) is 6.07 Å². The second-order valence-electron chi connectivity index (χ2n) is 7.83. The quantitative estimate of drug-likeness (QED) is 0.689. The molecule has 0 amide bonds. The van der Waals surface area contributed by atoms with Gasteiger partial charge in [-0.1, -0.05) is 66.7 Å². The van der Waals surface area contributed by atoms with E-state index >= 15 is 0 Å². The third kappa shape index (κ3) is 3.46. The van der Waals surface area contributed by atoms with Crippen molar-refractivity contribution in [3.63, 3.8) is 0 Å². The molecule has 0 spiro atoms. The lowest BCUT2D eigenvalue weighted by molar-refractivity contribution is 0.327. The van der Waals surface area contributed by atoms with Crippen molar-refractivity contribution in [2.75, 3.05) is 6.54 Å². The van der Waals surface area contributed by atoms with Gasteiger partial charge in [-0.2, -0.15) is 5.26 Å². The second-order valence-corrected chi connectivity index (χ2v) is 7.83. The molecule has 4 rings (SSSR count). The predicted molar refractivity (Wildman–Crippen MR) is 114 cm³/mol. The molecular weight excluding hydrogens is 340 g/mol. The van der Waals surface area contributed by atoms with E-state index in [0.717, 1.165) is 31.4 Å². The van der Waals surface area contributed by atoms with Crippen LogP contribution in [-0.2, 0) is 18.3 Å². The maximum atomic E-state index is 9.30. The topological polar surface area (TPSA) is 35.8 Å². The van der Waals surface area contributed by atoms with Crippen LogP contribution >= 0.6 is 0 Å². The zero-order valence-electron chi connectivity index (χ0n) is 16.4. The summed E-state index contributed by atoms with van der Waals surface area (Å²) in [6.45, 7) is 3.31. The van der Waals surface area contributed by atoms with Gasteiger partial charge in [-0.15, -0.1) is 0 Å². The highest BCUT2D eigenvalue weighted by atomic mass is 14.9. The maximum Gasteiger partial charge on any atom is 0.0991 e. The summed E-state index contributed by atoms with van der Waals surface area (Å²) in [6.07, 6.45) is 3.11.